The molecule has 6 nitrogen and oxygen atoms in total. The van der Waals surface area contributed by atoms with E-state index in [-0.39, 0.29) is 19.1 Å². The van der Waals surface area contributed by atoms with E-state index in [1.807, 2.05) is 13.8 Å². The first-order chi connectivity index (χ1) is 9.97. The molecule has 0 aromatic heterocycles. The van der Waals surface area contributed by atoms with Crippen molar-refractivity contribution in [2.45, 2.75) is 26.3 Å². The van der Waals surface area contributed by atoms with Crippen molar-refractivity contribution in [1.82, 2.24) is 0 Å². The van der Waals surface area contributed by atoms with Gasteiger partial charge in [0.05, 0.1) is 19.8 Å². The van der Waals surface area contributed by atoms with E-state index in [0.29, 0.717) is 29.5 Å². The summed E-state index contributed by atoms with van der Waals surface area (Å²) < 4.78 is 10.5. The second-order valence-electron chi connectivity index (χ2n) is 5.16. The third-order valence-corrected chi connectivity index (χ3v) is 2.84. The van der Waals surface area contributed by atoms with Crippen LogP contribution < -0.4 is 20.5 Å². The van der Waals surface area contributed by atoms with Crippen LogP contribution in [0.15, 0.2) is 18.2 Å². The van der Waals surface area contributed by atoms with Gasteiger partial charge in [0.15, 0.2) is 11.5 Å². The summed E-state index contributed by atoms with van der Waals surface area (Å²) in [6.07, 6.45) is 0.621. The van der Waals surface area contributed by atoms with Gasteiger partial charge in [0.25, 0.3) is 0 Å². The van der Waals surface area contributed by atoms with E-state index >= 15 is 0 Å². The van der Waals surface area contributed by atoms with Gasteiger partial charge >= 0.3 is 0 Å². The fourth-order valence-electron chi connectivity index (χ4n) is 1.87. The summed E-state index contributed by atoms with van der Waals surface area (Å²) in [5, 5.41) is 11.6. The van der Waals surface area contributed by atoms with Gasteiger partial charge in [0.2, 0.25) is 5.91 Å². The highest BCUT2D eigenvalue weighted by atomic mass is 16.5. The van der Waals surface area contributed by atoms with Crippen LogP contribution in [0.3, 0.4) is 0 Å². The molecule has 21 heavy (non-hydrogen) atoms. The summed E-state index contributed by atoms with van der Waals surface area (Å²) in [5.74, 6) is 1.11. The van der Waals surface area contributed by atoms with Gasteiger partial charge < -0.3 is 25.6 Å². The molecule has 0 fully saturated rings. The maximum absolute atomic E-state index is 12.0. The number of carbonyl (C=O) groups is 1. The molecular formula is C15H24N2O4. The molecule has 0 bridgehead atoms. The maximum atomic E-state index is 12.0. The SMILES string of the molecule is COc1ccc(NC(=O)[C@@H](N)CC(C)C)cc1OCCO. The van der Waals surface area contributed by atoms with Crippen molar-refractivity contribution < 1.29 is 19.4 Å². The minimum Gasteiger partial charge on any atom is -0.493 e. The number of hydrogen-bond donors (Lipinski definition) is 3. The molecule has 1 atom stereocenters. The Hall–Kier alpha value is -1.79. The molecular weight excluding hydrogens is 272 g/mol. The van der Waals surface area contributed by atoms with Gasteiger partial charge in [0, 0.05) is 11.8 Å². The van der Waals surface area contributed by atoms with Crippen LogP contribution in [-0.4, -0.2) is 37.4 Å². The number of benzene rings is 1. The Labute approximate surface area is 125 Å². The van der Waals surface area contributed by atoms with E-state index < -0.39 is 6.04 Å². The first-order valence-corrected chi connectivity index (χ1v) is 6.96. The average Bonchev–Trinajstić information content (AvgIpc) is 2.44. The Balaban J connectivity index is 2.76. The molecule has 0 unspecified atom stereocenters. The fourth-order valence-corrected chi connectivity index (χ4v) is 1.87. The monoisotopic (exact) mass is 296 g/mol. The summed E-state index contributed by atoms with van der Waals surface area (Å²) >= 11 is 0. The average molecular weight is 296 g/mol. The fraction of sp³-hybridized carbons (Fsp3) is 0.533. The van der Waals surface area contributed by atoms with Gasteiger partial charge in [-0.25, -0.2) is 0 Å². The van der Waals surface area contributed by atoms with Crippen LogP contribution >= 0.6 is 0 Å². The number of nitrogens with two attached hydrogens (primary N) is 1. The van der Waals surface area contributed by atoms with E-state index in [9.17, 15) is 4.79 Å². The highest BCUT2D eigenvalue weighted by Gasteiger charge is 2.16. The quantitative estimate of drug-likeness (QED) is 0.674. The number of aliphatic hydroxyl groups excluding tert-OH is 1. The summed E-state index contributed by atoms with van der Waals surface area (Å²) in [4.78, 5) is 12.0. The second-order valence-corrected chi connectivity index (χ2v) is 5.16. The number of hydrogen-bond acceptors (Lipinski definition) is 5. The Morgan fingerprint density at radius 3 is 2.67 bits per heavy atom. The van der Waals surface area contributed by atoms with Crippen molar-refractivity contribution in [3.63, 3.8) is 0 Å². The predicted octanol–water partition coefficient (Wildman–Crippen LogP) is 1.38. The number of ether oxygens (including phenoxy) is 2. The largest absolute Gasteiger partial charge is 0.493 e. The number of amides is 1. The lowest BCUT2D eigenvalue weighted by molar-refractivity contribution is -0.117. The molecule has 0 heterocycles. The van der Waals surface area contributed by atoms with Crippen LogP contribution in [0.4, 0.5) is 5.69 Å². The minimum absolute atomic E-state index is 0.0982. The molecule has 0 spiro atoms. The van der Waals surface area contributed by atoms with Crippen molar-refractivity contribution in [2.24, 2.45) is 11.7 Å². The maximum Gasteiger partial charge on any atom is 0.241 e. The zero-order valence-electron chi connectivity index (χ0n) is 12.8. The van der Waals surface area contributed by atoms with E-state index in [0.717, 1.165) is 0 Å². The summed E-state index contributed by atoms with van der Waals surface area (Å²) in [6.45, 7) is 4.09. The first-order valence-electron chi connectivity index (χ1n) is 6.96. The van der Waals surface area contributed by atoms with Crippen LogP contribution in [0, 0.1) is 5.92 Å². The van der Waals surface area contributed by atoms with Crippen LogP contribution in [-0.2, 0) is 4.79 Å². The summed E-state index contributed by atoms with van der Waals surface area (Å²) in [6, 6.07) is 4.50. The predicted molar refractivity (Wildman–Crippen MR) is 81.6 cm³/mol. The van der Waals surface area contributed by atoms with Gasteiger partial charge in [-0.2, -0.15) is 0 Å². The van der Waals surface area contributed by atoms with Gasteiger partial charge in [-0.3, -0.25) is 4.79 Å². The zero-order valence-corrected chi connectivity index (χ0v) is 12.8. The molecule has 1 amide bonds. The summed E-state index contributed by atoms with van der Waals surface area (Å²) in [5.41, 5.74) is 6.42. The van der Waals surface area contributed by atoms with Gasteiger partial charge in [-0.1, -0.05) is 13.8 Å². The standard InChI is InChI=1S/C15H24N2O4/c1-10(2)8-12(16)15(19)17-11-4-5-13(20-3)14(9-11)21-7-6-18/h4-5,9-10,12,18H,6-8,16H2,1-3H3,(H,17,19)/t12-/m0/s1. The molecule has 0 aliphatic heterocycles. The lowest BCUT2D eigenvalue weighted by Crippen LogP contribution is -2.36. The van der Waals surface area contributed by atoms with Gasteiger partial charge in [0.1, 0.15) is 6.61 Å². The molecule has 1 rings (SSSR count). The topological polar surface area (TPSA) is 93.8 Å². The van der Waals surface area contributed by atoms with E-state index in [1.165, 1.54) is 7.11 Å². The third kappa shape index (κ3) is 5.61. The molecule has 0 saturated heterocycles. The lowest BCUT2D eigenvalue weighted by atomic mass is 10.0. The third-order valence-electron chi connectivity index (χ3n) is 2.84. The van der Waals surface area contributed by atoms with Crippen molar-refractivity contribution in [3.8, 4) is 11.5 Å². The van der Waals surface area contributed by atoms with Crippen LogP contribution in [0.5, 0.6) is 11.5 Å². The van der Waals surface area contributed by atoms with E-state index in [4.69, 9.17) is 20.3 Å². The zero-order chi connectivity index (χ0) is 15.8. The number of nitrogens with one attached hydrogen (secondary N) is 1. The number of rotatable bonds is 8. The second kappa shape index (κ2) is 8.49. The van der Waals surface area contributed by atoms with Crippen molar-refractivity contribution in [3.05, 3.63) is 18.2 Å². The highest BCUT2D eigenvalue weighted by molar-refractivity contribution is 5.94. The summed E-state index contributed by atoms with van der Waals surface area (Å²) in [7, 11) is 1.53. The smallest absolute Gasteiger partial charge is 0.241 e. The number of methoxy groups -OCH3 is 1. The van der Waals surface area contributed by atoms with Crippen LogP contribution in [0.25, 0.3) is 0 Å². The lowest BCUT2D eigenvalue weighted by Gasteiger charge is -2.16. The molecule has 6 heteroatoms. The van der Waals surface area contributed by atoms with Gasteiger partial charge in [-0.15, -0.1) is 0 Å². The van der Waals surface area contributed by atoms with Crippen molar-refractivity contribution >= 4 is 11.6 Å². The minimum atomic E-state index is -0.547. The van der Waals surface area contributed by atoms with Gasteiger partial charge in [-0.05, 0) is 24.5 Å². The molecule has 0 aliphatic rings. The van der Waals surface area contributed by atoms with E-state index in [2.05, 4.69) is 5.32 Å². The molecule has 1 aromatic rings. The van der Waals surface area contributed by atoms with Crippen LogP contribution in [0.2, 0.25) is 0 Å². The molecule has 0 saturated carbocycles. The normalized spacial score (nSPS) is 12.1. The Kier molecular flexibility index (Phi) is 6.98. The molecule has 4 N–H and O–H groups in total. The molecule has 0 aliphatic carbocycles. The molecule has 0 radical (unpaired) electrons. The number of aliphatic hydroxyl groups is 1. The van der Waals surface area contributed by atoms with Crippen LogP contribution in [0.1, 0.15) is 20.3 Å². The van der Waals surface area contributed by atoms with Crippen molar-refractivity contribution in [2.75, 3.05) is 25.6 Å². The Bertz CT molecular complexity index is 463. The first kappa shape index (κ1) is 17.3. The van der Waals surface area contributed by atoms with E-state index in [1.54, 1.807) is 18.2 Å². The molecule has 1 aromatic carbocycles. The Morgan fingerprint density at radius 1 is 1.38 bits per heavy atom. The number of anilines is 1. The Morgan fingerprint density at radius 2 is 2.10 bits per heavy atom. The molecule has 118 valence electrons. The highest BCUT2D eigenvalue weighted by Crippen LogP contribution is 2.30. The number of carbonyl (C=O) groups excluding carboxylic acids is 1. The van der Waals surface area contributed by atoms with Crippen molar-refractivity contribution in [1.29, 1.82) is 0 Å².